The van der Waals surface area contributed by atoms with Gasteiger partial charge in [0.2, 0.25) is 0 Å². The predicted molar refractivity (Wildman–Crippen MR) is 110 cm³/mol. The Morgan fingerprint density at radius 3 is 2.77 bits per heavy atom. The first-order valence-electron chi connectivity index (χ1n) is 7.79. The molecule has 0 atom stereocenters. The zero-order valence-electron chi connectivity index (χ0n) is 14.0. The molecule has 1 saturated heterocycles. The minimum atomic E-state index is -0.102. The molecule has 2 heterocycles. The first-order valence-corrected chi connectivity index (χ1v) is 9.77. The maximum Gasteiger partial charge on any atom is 0.266 e. The van der Waals surface area contributed by atoms with E-state index in [-0.39, 0.29) is 18.6 Å². The van der Waals surface area contributed by atoms with Crippen LogP contribution < -0.4 is 4.74 Å². The van der Waals surface area contributed by atoms with E-state index < -0.39 is 0 Å². The van der Waals surface area contributed by atoms with E-state index in [1.54, 1.807) is 41.3 Å². The minimum Gasteiger partial charge on any atom is -0.484 e. The molecule has 1 aromatic heterocycles. The molecular formula is C18H15Cl2NO3S2. The van der Waals surface area contributed by atoms with Crippen molar-refractivity contribution >= 4 is 63.5 Å². The van der Waals surface area contributed by atoms with E-state index in [2.05, 4.69) is 0 Å². The molecule has 1 aliphatic rings. The fraction of sp³-hybridized carbons (Fsp3) is 0.222. The lowest BCUT2D eigenvalue weighted by Gasteiger charge is -2.18. The molecule has 0 unspecified atom stereocenters. The zero-order chi connectivity index (χ0) is 18.8. The number of thiocarbonyl (C=S) groups is 1. The molecule has 0 bridgehead atoms. The summed E-state index contributed by atoms with van der Waals surface area (Å²) in [7, 11) is 0. The highest BCUT2D eigenvalue weighted by Crippen LogP contribution is 2.34. The van der Waals surface area contributed by atoms with E-state index in [4.69, 9.17) is 44.6 Å². The second-order valence-corrected chi connectivity index (χ2v) is 8.25. The van der Waals surface area contributed by atoms with Gasteiger partial charge in [-0.25, -0.2) is 0 Å². The van der Waals surface area contributed by atoms with Crippen molar-refractivity contribution in [1.82, 2.24) is 4.90 Å². The van der Waals surface area contributed by atoms with Crippen LogP contribution in [0.3, 0.4) is 0 Å². The molecule has 1 aliphatic heterocycles. The van der Waals surface area contributed by atoms with E-state index in [1.165, 1.54) is 11.8 Å². The topological polar surface area (TPSA) is 42.7 Å². The van der Waals surface area contributed by atoms with Gasteiger partial charge in [0, 0.05) is 12.1 Å². The van der Waals surface area contributed by atoms with Gasteiger partial charge in [-0.1, -0.05) is 53.2 Å². The average Bonchev–Trinajstić information content (AvgIpc) is 3.13. The highest BCUT2D eigenvalue weighted by Gasteiger charge is 2.33. The molecule has 0 aliphatic carbocycles. The number of halogens is 2. The SMILES string of the molecule is CC(C)N1C(=O)/C(=C\c2ccc(COc3cccc(Cl)c3Cl)o2)SC1=S. The Kier molecular flexibility index (Phi) is 5.97. The summed E-state index contributed by atoms with van der Waals surface area (Å²) in [5.41, 5.74) is 0. The molecule has 1 fully saturated rings. The molecule has 136 valence electrons. The molecule has 1 amide bonds. The lowest BCUT2D eigenvalue weighted by molar-refractivity contribution is -0.123. The normalized spacial score (nSPS) is 16.2. The molecular weight excluding hydrogens is 413 g/mol. The number of nitrogens with zero attached hydrogens (tertiary/aromatic N) is 1. The van der Waals surface area contributed by atoms with Crippen molar-refractivity contribution in [2.24, 2.45) is 0 Å². The van der Waals surface area contributed by atoms with E-state index in [0.717, 1.165) is 0 Å². The third-order valence-corrected chi connectivity index (χ3v) is 5.71. The summed E-state index contributed by atoms with van der Waals surface area (Å²) in [4.78, 5) is 14.5. The molecule has 1 aromatic carbocycles. The minimum absolute atomic E-state index is 0.0245. The van der Waals surface area contributed by atoms with Crippen molar-refractivity contribution in [3.8, 4) is 5.75 Å². The lowest BCUT2D eigenvalue weighted by Crippen LogP contribution is -2.34. The third kappa shape index (κ3) is 4.09. The van der Waals surface area contributed by atoms with Crippen molar-refractivity contribution in [3.63, 3.8) is 0 Å². The number of carbonyl (C=O) groups is 1. The first-order chi connectivity index (χ1) is 12.4. The van der Waals surface area contributed by atoms with Crippen molar-refractivity contribution in [2.75, 3.05) is 0 Å². The summed E-state index contributed by atoms with van der Waals surface area (Å²) in [6.45, 7) is 4.05. The maximum atomic E-state index is 12.4. The van der Waals surface area contributed by atoms with Gasteiger partial charge in [-0.3, -0.25) is 9.69 Å². The molecule has 0 N–H and O–H groups in total. The van der Waals surface area contributed by atoms with Crippen LogP contribution in [0, 0.1) is 0 Å². The van der Waals surface area contributed by atoms with Crippen LogP contribution in [0.1, 0.15) is 25.4 Å². The fourth-order valence-electron chi connectivity index (χ4n) is 2.35. The molecule has 3 rings (SSSR count). The van der Waals surface area contributed by atoms with Crippen molar-refractivity contribution in [3.05, 3.63) is 56.8 Å². The van der Waals surface area contributed by atoms with Gasteiger partial charge < -0.3 is 9.15 Å². The first kappa shape index (κ1) is 19.3. The van der Waals surface area contributed by atoms with Crippen LogP contribution in [-0.2, 0) is 11.4 Å². The van der Waals surface area contributed by atoms with Gasteiger partial charge >= 0.3 is 0 Å². The van der Waals surface area contributed by atoms with Crippen LogP contribution in [-0.4, -0.2) is 21.2 Å². The Morgan fingerprint density at radius 2 is 2.08 bits per heavy atom. The molecule has 0 saturated carbocycles. The van der Waals surface area contributed by atoms with Crippen LogP contribution in [0.15, 0.2) is 39.7 Å². The van der Waals surface area contributed by atoms with Crippen LogP contribution in [0.4, 0.5) is 0 Å². The number of thioether (sulfide) groups is 1. The summed E-state index contributed by atoms with van der Waals surface area (Å²) < 4.78 is 11.9. The number of amides is 1. The van der Waals surface area contributed by atoms with E-state index in [0.29, 0.717) is 36.5 Å². The van der Waals surface area contributed by atoms with E-state index >= 15 is 0 Å². The number of carbonyl (C=O) groups excluding carboxylic acids is 1. The van der Waals surface area contributed by atoms with Crippen molar-refractivity contribution in [2.45, 2.75) is 26.5 Å². The van der Waals surface area contributed by atoms with Gasteiger partial charge in [-0.2, -0.15) is 0 Å². The smallest absolute Gasteiger partial charge is 0.266 e. The van der Waals surface area contributed by atoms with Gasteiger partial charge in [0.1, 0.15) is 33.2 Å². The van der Waals surface area contributed by atoms with Crippen molar-refractivity contribution < 1.29 is 13.9 Å². The largest absolute Gasteiger partial charge is 0.484 e. The maximum absolute atomic E-state index is 12.4. The number of rotatable bonds is 5. The molecule has 2 aromatic rings. The summed E-state index contributed by atoms with van der Waals surface area (Å²) in [6, 6.07) is 8.77. The second kappa shape index (κ2) is 8.05. The summed E-state index contributed by atoms with van der Waals surface area (Å²) >= 11 is 18.6. The van der Waals surface area contributed by atoms with Crippen molar-refractivity contribution in [1.29, 1.82) is 0 Å². The standard InChI is InChI=1S/C18H15Cl2NO3S2/c1-10(2)21-17(22)15(26-18(21)25)8-11-6-7-12(24-11)9-23-14-5-3-4-13(19)16(14)20/h3-8,10H,9H2,1-2H3/b15-8+. The van der Waals surface area contributed by atoms with Gasteiger partial charge in [0.05, 0.1) is 9.93 Å². The van der Waals surface area contributed by atoms with Gasteiger partial charge in [-0.15, -0.1) is 0 Å². The van der Waals surface area contributed by atoms with E-state index in [1.807, 2.05) is 13.8 Å². The molecule has 0 radical (unpaired) electrons. The fourth-order valence-corrected chi connectivity index (χ4v) is 4.20. The van der Waals surface area contributed by atoms with Gasteiger partial charge in [-0.05, 0) is 38.1 Å². The Bertz CT molecular complexity index is 892. The highest BCUT2D eigenvalue weighted by atomic mass is 35.5. The Morgan fingerprint density at radius 1 is 1.31 bits per heavy atom. The number of benzene rings is 1. The number of furan rings is 1. The van der Waals surface area contributed by atoms with Crippen LogP contribution >= 0.6 is 47.2 Å². The predicted octanol–water partition coefficient (Wildman–Crippen LogP) is 5.78. The summed E-state index contributed by atoms with van der Waals surface area (Å²) in [5.74, 6) is 1.54. The average molecular weight is 428 g/mol. The van der Waals surface area contributed by atoms with Crippen LogP contribution in [0.5, 0.6) is 5.75 Å². The van der Waals surface area contributed by atoms with Crippen LogP contribution in [0.2, 0.25) is 10.0 Å². The monoisotopic (exact) mass is 427 g/mol. The number of hydrogen-bond donors (Lipinski definition) is 0. The Hall–Kier alpha value is -1.47. The molecule has 8 heteroatoms. The second-order valence-electron chi connectivity index (χ2n) is 5.79. The third-order valence-electron chi connectivity index (χ3n) is 3.58. The quantitative estimate of drug-likeness (QED) is 0.447. The number of hydrogen-bond acceptors (Lipinski definition) is 5. The van der Waals surface area contributed by atoms with Gasteiger partial charge in [0.15, 0.2) is 0 Å². The lowest BCUT2D eigenvalue weighted by atomic mass is 10.3. The summed E-state index contributed by atoms with van der Waals surface area (Å²) in [6.07, 6.45) is 1.69. The Balaban J connectivity index is 1.70. The molecule has 4 nitrogen and oxygen atoms in total. The van der Waals surface area contributed by atoms with Crippen LogP contribution in [0.25, 0.3) is 6.08 Å². The highest BCUT2D eigenvalue weighted by molar-refractivity contribution is 8.26. The van der Waals surface area contributed by atoms with Gasteiger partial charge in [0.25, 0.3) is 5.91 Å². The molecule has 0 spiro atoms. The Labute approximate surface area is 171 Å². The number of ether oxygens (including phenoxy) is 1. The molecule has 26 heavy (non-hydrogen) atoms. The zero-order valence-corrected chi connectivity index (χ0v) is 17.1. The van der Waals surface area contributed by atoms with E-state index in [9.17, 15) is 4.79 Å². The summed E-state index contributed by atoms with van der Waals surface area (Å²) in [5, 5.41) is 0.787.